The summed E-state index contributed by atoms with van der Waals surface area (Å²) in [6, 6.07) is 7.72. The molecule has 0 unspecified atom stereocenters. The summed E-state index contributed by atoms with van der Waals surface area (Å²) < 4.78 is 1.85. The van der Waals surface area contributed by atoms with E-state index in [1.807, 2.05) is 28.9 Å². The monoisotopic (exact) mass is 303 g/mol. The Bertz CT molecular complexity index is 632. The molecule has 110 valence electrons. The van der Waals surface area contributed by atoms with E-state index in [4.69, 9.17) is 11.6 Å². The van der Waals surface area contributed by atoms with Crippen molar-refractivity contribution in [1.29, 1.82) is 0 Å². The van der Waals surface area contributed by atoms with Gasteiger partial charge in [-0.15, -0.1) is 5.10 Å². The van der Waals surface area contributed by atoms with Crippen LogP contribution in [0, 0.1) is 0 Å². The van der Waals surface area contributed by atoms with Gasteiger partial charge in [-0.3, -0.25) is 4.79 Å². The molecular weight excluding hydrogens is 286 g/mol. The third kappa shape index (κ3) is 3.00. The van der Waals surface area contributed by atoms with Crippen molar-refractivity contribution >= 4 is 17.9 Å². The molecule has 1 heterocycles. The Labute approximate surface area is 129 Å². The summed E-state index contributed by atoms with van der Waals surface area (Å²) >= 11 is 6.22. The molecule has 0 radical (unpaired) electrons. The van der Waals surface area contributed by atoms with Crippen LogP contribution in [0.25, 0.3) is 0 Å². The van der Waals surface area contributed by atoms with Crippen LogP contribution in [-0.4, -0.2) is 21.3 Å². The second-order valence-electron chi connectivity index (χ2n) is 5.56. The molecule has 21 heavy (non-hydrogen) atoms. The van der Waals surface area contributed by atoms with Gasteiger partial charge in [-0.2, -0.15) is 0 Å². The van der Waals surface area contributed by atoms with Crippen molar-refractivity contribution in [3.8, 4) is 0 Å². The fraction of sp³-hybridized carbons (Fsp3) is 0.438. The molecule has 3 rings (SSSR count). The van der Waals surface area contributed by atoms with Gasteiger partial charge in [-0.1, -0.05) is 54.3 Å². The molecule has 1 aromatic heterocycles. The van der Waals surface area contributed by atoms with Gasteiger partial charge in [-0.25, -0.2) is 4.68 Å². The summed E-state index contributed by atoms with van der Waals surface area (Å²) in [6.45, 7) is 0.562. The second-order valence-corrected chi connectivity index (χ2v) is 5.97. The topological polar surface area (TPSA) is 47.8 Å². The highest BCUT2D eigenvalue weighted by atomic mass is 35.5. The van der Waals surface area contributed by atoms with E-state index in [0.717, 1.165) is 35.4 Å². The zero-order chi connectivity index (χ0) is 14.7. The summed E-state index contributed by atoms with van der Waals surface area (Å²) in [5, 5.41) is 8.93. The summed E-state index contributed by atoms with van der Waals surface area (Å²) in [5.74, 6) is 0.386. The lowest BCUT2D eigenvalue weighted by Crippen LogP contribution is -2.14. The molecule has 0 N–H and O–H groups in total. The van der Waals surface area contributed by atoms with Crippen LogP contribution in [0.1, 0.15) is 59.8 Å². The lowest BCUT2D eigenvalue weighted by molar-refractivity contribution is 0.111. The Kier molecular flexibility index (Phi) is 4.34. The van der Waals surface area contributed by atoms with Gasteiger partial charge in [0.1, 0.15) is 5.69 Å². The van der Waals surface area contributed by atoms with Crippen LogP contribution in [-0.2, 0) is 6.54 Å². The van der Waals surface area contributed by atoms with Gasteiger partial charge in [0.15, 0.2) is 6.29 Å². The van der Waals surface area contributed by atoms with E-state index in [1.165, 1.54) is 19.3 Å². The Hall–Kier alpha value is -1.68. The average molecular weight is 304 g/mol. The largest absolute Gasteiger partial charge is 0.296 e. The first-order valence-electron chi connectivity index (χ1n) is 7.41. The van der Waals surface area contributed by atoms with Gasteiger partial charge >= 0.3 is 0 Å². The minimum Gasteiger partial charge on any atom is -0.296 e. The zero-order valence-corrected chi connectivity index (χ0v) is 12.6. The van der Waals surface area contributed by atoms with Crippen LogP contribution in [0.3, 0.4) is 0 Å². The van der Waals surface area contributed by atoms with Crippen molar-refractivity contribution < 1.29 is 4.79 Å². The number of nitrogens with zero attached hydrogens (tertiary/aromatic N) is 3. The first-order valence-corrected chi connectivity index (χ1v) is 7.79. The molecule has 1 fully saturated rings. The molecule has 1 saturated carbocycles. The van der Waals surface area contributed by atoms with Gasteiger partial charge in [0.2, 0.25) is 0 Å². The molecule has 2 aromatic rings. The molecule has 0 amide bonds. The van der Waals surface area contributed by atoms with E-state index >= 15 is 0 Å². The number of carbonyl (C=O) groups excluding carboxylic acids is 1. The van der Waals surface area contributed by atoms with E-state index in [9.17, 15) is 4.79 Å². The predicted octanol–water partition coefficient (Wildman–Crippen LogP) is 3.84. The zero-order valence-electron chi connectivity index (χ0n) is 11.8. The summed E-state index contributed by atoms with van der Waals surface area (Å²) in [7, 11) is 0. The van der Waals surface area contributed by atoms with Crippen LogP contribution < -0.4 is 0 Å². The molecule has 1 aromatic carbocycles. The molecule has 0 saturated heterocycles. The predicted molar refractivity (Wildman–Crippen MR) is 81.8 cm³/mol. The Balaban J connectivity index is 1.93. The molecule has 1 aliphatic carbocycles. The molecule has 0 spiro atoms. The molecule has 1 aliphatic rings. The van der Waals surface area contributed by atoms with Gasteiger partial charge in [0.05, 0.1) is 12.2 Å². The Morgan fingerprint density at radius 2 is 2.00 bits per heavy atom. The standard InChI is InChI=1S/C16H18ClN3O/c17-14-9-5-4-8-13(14)10-20-16(15(11-21)18-19-20)12-6-2-1-3-7-12/h4-5,8-9,11-12H,1-3,6-7,10H2. The summed E-state index contributed by atoms with van der Waals surface area (Å²) in [4.78, 5) is 11.3. The van der Waals surface area contributed by atoms with Crippen molar-refractivity contribution in [2.45, 2.75) is 44.6 Å². The van der Waals surface area contributed by atoms with E-state index in [1.54, 1.807) is 0 Å². The van der Waals surface area contributed by atoms with Gasteiger partial charge in [-0.05, 0) is 24.5 Å². The van der Waals surface area contributed by atoms with Crippen molar-refractivity contribution in [2.24, 2.45) is 0 Å². The van der Waals surface area contributed by atoms with Crippen LogP contribution in [0.5, 0.6) is 0 Å². The fourth-order valence-electron chi connectivity index (χ4n) is 3.12. The number of aldehydes is 1. The van der Waals surface area contributed by atoms with Crippen LogP contribution >= 0.6 is 11.6 Å². The highest BCUT2D eigenvalue weighted by Gasteiger charge is 2.24. The van der Waals surface area contributed by atoms with E-state index < -0.39 is 0 Å². The van der Waals surface area contributed by atoms with Gasteiger partial charge < -0.3 is 0 Å². The molecular formula is C16H18ClN3O. The van der Waals surface area contributed by atoms with Gasteiger partial charge in [0.25, 0.3) is 0 Å². The van der Waals surface area contributed by atoms with Crippen molar-refractivity contribution in [3.63, 3.8) is 0 Å². The molecule has 0 atom stereocenters. The lowest BCUT2D eigenvalue weighted by Gasteiger charge is -2.22. The third-order valence-corrected chi connectivity index (χ3v) is 4.55. The minimum absolute atomic E-state index is 0.386. The first kappa shape index (κ1) is 14.3. The van der Waals surface area contributed by atoms with Gasteiger partial charge in [0, 0.05) is 10.9 Å². The summed E-state index contributed by atoms with van der Waals surface area (Å²) in [5.41, 5.74) is 2.46. The quantitative estimate of drug-likeness (QED) is 0.806. The van der Waals surface area contributed by atoms with Crippen LogP contribution in [0.15, 0.2) is 24.3 Å². The second kappa shape index (κ2) is 6.39. The van der Waals surface area contributed by atoms with Crippen LogP contribution in [0.2, 0.25) is 5.02 Å². The third-order valence-electron chi connectivity index (χ3n) is 4.18. The number of carbonyl (C=O) groups is 1. The maximum Gasteiger partial charge on any atom is 0.172 e. The minimum atomic E-state index is 0.386. The first-order chi connectivity index (χ1) is 10.3. The number of aromatic nitrogens is 3. The van der Waals surface area contributed by atoms with E-state index in [0.29, 0.717) is 18.2 Å². The number of rotatable bonds is 4. The fourth-order valence-corrected chi connectivity index (χ4v) is 3.31. The number of halogens is 1. The highest BCUT2D eigenvalue weighted by molar-refractivity contribution is 6.31. The van der Waals surface area contributed by atoms with Crippen LogP contribution in [0.4, 0.5) is 0 Å². The van der Waals surface area contributed by atoms with E-state index in [-0.39, 0.29) is 0 Å². The maximum absolute atomic E-state index is 11.3. The Morgan fingerprint density at radius 3 is 2.71 bits per heavy atom. The normalized spacial score (nSPS) is 16.0. The lowest BCUT2D eigenvalue weighted by atomic mass is 9.86. The Morgan fingerprint density at radius 1 is 1.24 bits per heavy atom. The van der Waals surface area contributed by atoms with Crippen molar-refractivity contribution in [2.75, 3.05) is 0 Å². The number of hydrogen-bond donors (Lipinski definition) is 0. The smallest absolute Gasteiger partial charge is 0.172 e. The van der Waals surface area contributed by atoms with E-state index in [2.05, 4.69) is 10.3 Å². The number of benzene rings is 1. The number of hydrogen-bond acceptors (Lipinski definition) is 3. The van der Waals surface area contributed by atoms with Crippen molar-refractivity contribution in [1.82, 2.24) is 15.0 Å². The molecule has 0 aliphatic heterocycles. The molecule has 5 heteroatoms. The molecule has 4 nitrogen and oxygen atoms in total. The SMILES string of the molecule is O=Cc1nnn(Cc2ccccc2Cl)c1C1CCCCC1. The highest BCUT2D eigenvalue weighted by Crippen LogP contribution is 2.33. The molecule has 0 bridgehead atoms. The maximum atomic E-state index is 11.3. The average Bonchev–Trinajstić information content (AvgIpc) is 2.93. The summed E-state index contributed by atoms with van der Waals surface area (Å²) in [6.07, 6.45) is 6.73. The van der Waals surface area contributed by atoms with Crippen molar-refractivity contribution in [3.05, 3.63) is 46.2 Å².